The summed E-state index contributed by atoms with van der Waals surface area (Å²) >= 11 is 12.7. The summed E-state index contributed by atoms with van der Waals surface area (Å²) in [5, 5.41) is 10.8. The minimum Gasteiger partial charge on any atom is -0.478 e. The lowest BCUT2D eigenvalue weighted by Gasteiger charge is -2.30. The number of hydrogen-bond donors (Lipinski definition) is 2. The highest BCUT2D eigenvalue weighted by Crippen LogP contribution is 2.40. The van der Waals surface area contributed by atoms with Gasteiger partial charge in [-0.05, 0) is 49.9 Å². The Labute approximate surface area is 187 Å². The molecule has 7 heteroatoms. The molecule has 1 amide bonds. The molecule has 3 N–H and O–H groups in total. The summed E-state index contributed by atoms with van der Waals surface area (Å²) in [6, 6.07) is 6.79. The predicted octanol–water partition coefficient (Wildman–Crippen LogP) is 6.25. The molecule has 2 aromatic rings. The van der Waals surface area contributed by atoms with Crippen molar-refractivity contribution in [2.24, 2.45) is 11.7 Å². The molecule has 0 bridgehead atoms. The van der Waals surface area contributed by atoms with Gasteiger partial charge in [0.15, 0.2) is 0 Å². The smallest absolute Gasteiger partial charge is 0.337 e. The van der Waals surface area contributed by atoms with Crippen molar-refractivity contribution in [3.8, 4) is 11.3 Å². The molecule has 1 heterocycles. The van der Waals surface area contributed by atoms with Gasteiger partial charge in [0.05, 0.1) is 11.3 Å². The lowest BCUT2D eigenvalue weighted by Crippen LogP contribution is -2.21. The maximum Gasteiger partial charge on any atom is 0.337 e. The van der Waals surface area contributed by atoms with E-state index < -0.39 is 5.97 Å². The molecule has 1 aliphatic rings. The maximum absolute atomic E-state index is 11.9. The Morgan fingerprint density at radius 2 is 1.90 bits per heavy atom. The zero-order chi connectivity index (χ0) is 21.8. The highest BCUT2D eigenvalue weighted by atomic mass is 35.5. The average molecular weight is 451 g/mol. The van der Waals surface area contributed by atoms with Gasteiger partial charge in [-0.2, -0.15) is 0 Å². The largest absolute Gasteiger partial charge is 0.478 e. The van der Waals surface area contributed by atoms with Crippen molar-refractivity contribution in [3.63, 3.8) is 0 Å². The second-order valence-electron chi connectivity index (χ2n) is 8.23. The van der Waals surface area contributed by atoms with Gasteiger partial charge >= 0.3 is 5.97 Å². The molecule has 1 fully saturated rings. The number of aromatic carboxylic acids is 1. The van der Waals surface area contributed by atoms with Gasteiger partial charge in [0.2, 0.25) is 5.91 Å². The van der Waals surface area contributed by atoms with Crippen molar-refractivity contribution in [1.82, 2.24) is 4.57 Å². The second kappa shape index (κ2) is 9.88. The third kappa shape index (κ3) is 5.19. The van der Waals surface area contributed by atoms with Crippen LogP contribution < -0.4 is 5.73 Å². The maximum atomic E-state index is 11.9. The molecule has 0 spiro atoms. The molecule has 0 aliphatic heterocycles. The summed E-state index contributed by atoms with van der Waals surface area (Å²) in [5.41, 5.74) is 7.74. The van der Waals surface area contributed by atoms with Gasteiger partial charge < -0.3 is 15.4 Å². The van der Waals surface area contributed by atoms with Crippen molar-refractivity contribution < 1.29 is 14.7 Å². The molecule has 0 radical (unpaired) electrons. The van der Waals surface area contributed by atoms with E-state index in [0.29, 0.717) is 39.3 Å². The molecule has 1 aromatic heterocycles. The Balaban J connectivity index is 2.11. The normalized spacial score (nSPS) is 15.8. The van der Waals surface area contributed by atoms with Crippen LogP contribution in [0.15, 0.2) is 24.3 Å². The number of hydrogen-bond acceptors (Lipinski definition) is 2. The Morgan fingerprint density at radius 3 is 2.53 bits per heavy atom. The number of carbonyl (C=O) groups is 2. The zero-order valence-corrected chi connectivity index (χ0v) is 18.7. The molecule has 3 rings (SSSR count). The molecule has 1 atom stereocenters. The molecular weight excluding hydrogens is 423 g/mol. The standard InChI is InChI=1S/C23H28Cl2N2O3/c1-14-18(23(29)30)13-21(19-12-16(24)7-9-20(19)25)27(14)17(8-10-22(26)28)11-15-5-3-2-4-6-15/h7,9,12-13,15,17H,2-6,8,10-11H2,1H3,(H2,26,28)(H,29,30). The van der Waals surface area contributed by atoms with Crippen LogP contribution in [0.25, 0.3) is 11.3 Å². The van der Waals surface area contributed by atoms with Crippen molar-refractivity contribution in [3.05, 3.63) is 45.6 Å². The van der Waals surface area contributed by atoms with Crippen molar-refractivity contribution in [1.29, 1.82) is 0 Å². The van der Waals surface area contributed by atoms with E-state index in [2.05, 4.69) is 0 Å². The summed E-state index contributed by atoms with van der Waals surface area (Å²) in [5.74, 6) is -0.791. The lowest BCUT2D eigenvalue weighted by molar-refractivity contribution is -0.118. The first kappa shape index (κ1) is 22.7. The fraction of sp³-hybridized carbons (Fsp3) is 0.478. The van der Waals surface area contributed by atoms with Crippen molar-refractivity contribution >= 4 is 35.1 Å². The number of amides is 1. The number of aromatic nitrogens is 1. The van der Waals surface area contributed by atoms with Crippen LogP contribution in [0, 0.1) is 12.8 Å². The molecule has 5 nitrogen and oxygen atoms in total. The van der Waals surface area contributed by atoms with E-state index in [4.69, 9.17) is 28.9 Å². The topological polar surface area (TPSA) is 85.3 Å². The summed E-state index contributed by atoms with van der Waals surface area (Å²) in [7, 11) is 0. The molecule has 1 unspecified atom stereocenters. The van der Waals surface area contributed by atoms with Crippen LogP contribution in [-0.2, 0) is 4.79 Å². The van der Waals surface area contributed by atoms with Gasteiger partial charge in [-0.25, -0.2) is 4.79 Å². The van der Waals surface area contributed by atoms with Gasteiger partial charge in [0, 0.05) is 33.8 Å². The van der Waals surface area contributed by atoms with Crippen LogP contribution in [0.4, 0.5) is 0 Å². The first-order chi connectivity index (χ1) is 14.3. The zero-order valence-electron chi connectivity index (χ0n) is 17.2. The number of rotatable bonds is 8. The summed E-state index contributed by atoms with van der Waals surface area (Å²) in [6.07, 6.45) is 7.70. The first-order valence-electron chi connectivity index (χ1n) is 10.5. The van der Waals surface area contributed by atoms with Crippen LogP contribution in [0.3, 0.4) is 0 Å². The van der Waals surface area contributed by atoms with Crippen LogP contribution in [0.2, 0.25) is 10.0 Å². The molecular formula is C23H28Cl2N2O3. The number of primary amides is 1. The van der Waals surface area contributed by atoms with E-state index in [0.717, 1.165) is 19.3 Å². The van der Waals surface area contributed by atoms with E-state index in [-0.39, 0.29) is 23.9 Å². The van der Waals surface area contributed by atoms with E-state index in [1.54, 1.807) is 24.3 Å². The van der Waals surface area contributed by atoms with Crippen LogP contribution in [-0.4, -0.2) is 21.6 Å². The Kier molecular flexibility index (Phi) is 7.48. The summed E-state index contributed by atoms with van der Waals surface area (Å²) < 4.78 is 2.04. The number of benzene rings is 1. The fourth-order valence-corrected chi connectivity index (χ4v) is 5.06. The molecule has 1 aromatic carbocycles. The third-order valence-electron chi connectivity index (χ3n) is 6.15. The number of halogens is 2. The van der Waals surface area contributed by atoms with Crippen LogP contribution in [0.5, 0.6) is 0 Å². The summed E-state index contributed by atoms with van der Waals surface area (Å²) in [4.78, 5) is 23.5. The number of carboxylic acid groups (broad SMARTS) is 1. The second-order valence-corrected chi connectivity index (χ2v) is 9.07. The molecule has 1 saturated carbocycles. The average Bonchev–Trinajstić information content (AvgIpc) is 3.05. The van der Waals surface area contributed by atoms with E-state index in [9.17, 15) is 14.7 Å². The molecule has 30 heavy (non-hydrogen) atoms. The van der Waals surface area contributed by atoms with E-state index in [1.165, 1.54) is 19.3 Å². The highest BCUT2D eigenvalue weighted by molar-refractivity contribution is 6.35. The van der Waals surface area contributed by atoms with Crippen LogP contribution in [0.1, 0.15) is 73.5 Å². The number of nitrogens with two attached hydrogens (primary N) is 1. The van der Waals surface area contributed by atoms with Crippen LogP contribution >= 0.6 is 23.2 Å². The van der Waals surface area contributed by atoms with Crippen molar-refractivity contribution in [2.75, 3.05) is 0 Å². The molecule has 162 valence electrons. The highest BCUT2D eigenvalue weighted by Gasteiger charge is 2.27. The van der Waals surface area contributed by atoms with Gasteiger partial charge in [-0.3, -0.25) is 4.79 Å². The summed E-state index contributed by atoms with van der Waals surface area (Å²) in [6.45, 7) is 1.81. The van der Waals surface area contributed by atoms with E-state index >= 15 is 0 Å². The minimum absolute atomic E-state index is 0.0428. The predicted molar refractivity (Wildman–Crippen MR) is 120 cm³/mol. The SMILES string of the molecule is Cc1c(C(=O)O)cc(-c2cc(Cl)ccc2Cl)n1C(CCC(N)=O)CC1CCCCC1. The van der Waals surface area contributed by atoms with Gasteiger partial charge in [0.25, 0.3) is 0 Å². The van der Waals surface area contributed by atoms with Gasteiger partial charge in [-0.1, -0.05) is 55.3 Å². The third-order valence-corrected chi connectivity index (χ3v) is 6.71. The quantitative estimate of drug-likeness (QED) is 0.498. The Morgan fingerprint density at radius 1 is 1.20 bits per heavy atom. The minimum atomic E-state index is -0.989. The van der Waals surface area contributed by atoms with Gasteiger partial charge in [0.1, 0.15) is 0 Å². The Bertz CT molecular complexity index is 933. The number of carbonyl (C=O) groups excluding carboxylic acids is 1. The molecule has 1 aliphatic carbocycles. The monoisotopic (exact) mass is 450 g/mol. The van der Waals surface area contributed by atoms with E-state index in [1.807, 2.05) is 11.5 Å². The lowest BCUT2D eigenvalue weighted by atomic mass is 9.83. The van der Waals surface area contributed by atoms with Gasteiger partial charge in [-0.15, -0.1) is 0 Å². The Hall–Kier alpha value is -1.98. The molecule has 0 saturated heterocycles. The number of nitrogens with zero attached hydrogens (tertiary/aromatic N) is 1. The fourth-order valence-electron chi connectivity index (χ4n) is 4.68. The first-order valence-corrected chi connectivity index (χ1v) is 11.2. The van der Waals surface area contributed by atoms with Crippen molar-refractivity contribution in [2.45, 2.75) is 64.3 Å². The number of carboxylic acids is 1.